The molecule has 0 aliphatic carbocycles. The molecule has 2 aromatic carbocycles. The van der Waals surface area contributed by atoms with Crippen LogP contribution in [0.2, 0.25) is 0 Å². The van der Waals surface area contributed by atoms with Gasteiger partial charge < -0.3 is 14.3 Å². The van der Waals surface area contributed by atoms with E-state index in [-0.39, 0.29) is 22.4 Å². The van der Waals surface area contributed by atoms with Crippen molar-refractivity contribution in [2.24, 2.45) is 0 Å². The van der Waals surface area contributed by atoms with Crippen LogP contribution in [0.1, 0.15) is 43.7 Å². The molecule has 1 aliphatic heterocycles. The summed E-state index contributed by atoms with van der Waals surface area (Å²) in [6, 6.07) is 9.72. The third-order valence-electron chi connectivity index (χ3n) is 5.72. The Balaban J connectivity index is 1.93. The van der Waals surface area contributed by atoms with Crippen molar-refractivity contribution in [1.29, 1.82) is 0 Å². The molecular formula is C26H23F2NO5. The molecule has 1 aliphatic rings. The van der Waals surface area contributed by atoms with Crippen LogP contribution in [0.4, 0.5) is 14.5 Å². The van der Waals surface area contributed by atoms with Crippen LogP contribution in [0.3, 0.4) is 0 Å². The minimum atomic E-state index is -1.18. The molecule has 1 saturated heterocycles. The first-order chi connectivity index (χ1) is 16.0. The average Bonchev–Trinajstić information content (AvgIpc) is 3.41. The Labute approximate surface area is 195 Å². The van der Waals surface area contributed by atoms with Crippen LogP contribution in [0.15, 0.2) is 64.8 Å². The molecule has 0 radical (unpaired) electrons. The summed E-state index contributed by atoms with van der Waals surface area (Å²) >= 11 is 0. The van der Waals surface area contributed by atoms with E-state index >= 15 is 0 Å². The summed E-state index contributed by atoms with van der Waals surface area (Å²) in [4.78, 5) is 27.1. The Morgan fingerprint density at radius 2 is 1.79 bits per heavy atom. The number of ether oxygens (including phenoxy) is 1. The monoisotopic (exact) mass is 467 g/mol. The molecular weight excluding hydrogens is 444 g/mol. The molecule has 4 rings (SSSR count). The van der Waals surface area contributed by atoms with Crippen molar-refractivity contribution in [3.05, 3.63) is 88.9 Å². The lowest BCUT2D eigenvalue weighted by Gasteiger charge is -2.24. The maximum Gasteiger partial charge on any atom is 0.300 e. The van der Waals surface area contributed by atoms with Gasteiger partial charge in [0.1, 0.15) is 23.3 Å². The molecule has 2 heterocycles. The van der Waals surface area contributed by atoms with Gasteiger partial charge in [-0.1, -0.05) is 20.8 Å². The first-order valence-electron chi connectivity index (χ1n) is 10.5. The molecule has 1 N–H and O–H groups in total. The maximum absolute atomic E-state index is 14.0. The van der Waals surface area contributed by atoms with E-state index in [9.17, 15) is 23.5 Å². The molecule has 6 nitrogen and oxygen atoms in total. The predicted molar refractivity (Wildman–Crippen MR) is 122 cm³/mol. The molecule has 0 spiro atoms. The molecule has 176 valence electrons. The smallest absolute Gasteiger partial charge is 0.300 e. The van der Waals surface area contributed by atoms with Crippen molar-refractivity contribution >= 4 is 23.1 Å². The highest BCUT2D eigenvalue weighted by Gasteiger charge is 2.48. The number of amides is 1. The number of carbonyl (C=O) groups is 2. The Morgan fingerprint density at radius 1 is 1.06 bits per heavy atom. The average molecular weight is 467 g/mol. The van der Waals surface area contributed by atoms with E-state index in [1.54, 1.807) is 24.3 Å². The number of methoxy groups -OCH3 is 1. The number of furan rings is 1. The summed E-state index contributed by atoms with van der Waals surface area (Å²) in [5, 5.41) is 11.3. The second-order valence-corrected chi connectivity index (χ2v) is 8.95. The first-order valence-corrected chi connectivity index (χ1v) is 10.5. The van der Waals surface area contributed by atoms with E-state index < -0.39 is 35.1 Å². The van der Waals surface area contributed by atoms with Gasteiger partial charge in [-0.15, -0.1) is 0 Å². The number of halogens is 2. The van der Waals surface area contributed by atoms with Crippen LogP contribution in [-0.4, -0.2) is 23.9 Å². The van der Waals surface area contributed by atoms with Crippen molar-refractivity contribution in [2.45, 2.75) is 32.2 Å². The number of hydrogen-bond donors (Lipinski definition) is 1. The number of ketones is 1. The van der Waals surface area contributed by atoms with Gasteiger partial charge in [0.05, 0.1) is 18.9 Å². The topological polar surface area (TPSA) is 80.0 Å². The van der Waals surface area contributed by atoms with Gasteiger partial charge in [-0.25, -0.2) is 8.78 Å². The minimum absolute atomic E-state index is 0.0495. The normalized spacial score (nSPS) is 17.9. The van der Waals surface area contributed by atoms with Gasteiger partial charge in [0, 0.05) is 22.9 Å². The Kier molecular flexibility index (Phi) is 5.77. The van der Waals surface area contributed by atoms with Crippen LogP contribution in [0, 0.1) is 11.6 Å². The number of benzene rings is 2. The van der Waals surface area contributed by atoms with Crippen LogP contribution < -0.4 is 9.64 Å². The highest BCUT2D eigenvalue weighted by Crippen LogP contribution is 2.43. The Hall–Kier alpha value is -3.94. The quantitative estimate of drug-likeness (QED) is 0.312. The number of aliphatic hydroxyl groups excluding tert-OH is 1. The first kappa shape index (κ1) is 23.2. The molecule has 1 fully saturated rings. The number of aliphatic hydroxyl groups is 1. The fraction of sp³-hybridized carbons (Fsp3) is 0.231. The number of rotatable bonds is 4. The zero-order valence-electron chi connectivity index (χ0n) is 19.1. The summed E-state index contributed by atoms with van der Waals surface area (Å²) < 4.78 is 38.4. The summed E-state index contributed by atoms with van der Waals surface area (Å²) in [5.41, 5.74) is 0.454. The molecule has 3 aromatic rings. The number of nitrogens with zero attached hydrogens (tertiary/aromatic N) is 1. The van der Waals surface area contributed by atoms with E-state index in [1.165, 1.54) is 25.5 Å². The van der Waals surface area contributed by atoms with E-state index in [1.807, 2.05) is 20.8 Å². The molecule has 1 atom stereocenters. The van der Waals surface area contributed by atoms with Crippen molar-refractivity contribution in [3.63, 3.8) is 0 Å². The lowest BCUT2D eigenvalue weighted by atomic mass is 9.84. The molecule has 1 aromatic heterocycles. The number of carbonyl (C=O) groups excluding carboxylic acids is 2. The standard InChI is InChI=1S/C26H23F2NO5/c1-26(2,3)16-12-14(7-10-19(16)33-4)23(30)21-22(20-6-5-11-34-20)29(25(32)24(21)31)15-8-9-17(27)18(28)13-15/h5-13,22,30H,1-4H3/b23-21-. The highest BCUT2D eigenvalue weighted by atomic mass is 19.2. The molecule has 0 bridgehead atoms. The highest BCUT2D eigenvalue weighted by molar-refractivity contribution is 6.51. The zero-order chi connectivity index (χ0) is 24.8. The third kappa shape index (κ3) is 3.85. The van der Waals surface area contributed by atoms with Gasteiger partial charge in [-0.2, -0.15) is 0 Å². The summed E-state index contributed by atoms with van der Waals surface area (Å²) in [6.07, 6.45) is 1.35. The lowest BCUT2D eigenvalue weighted by Crippen LogP contribution is -2.29. The Bertz CT molecular complexity index is 1310. The largest absolute Gasteiger partial charge is 0.507 e. The molecule has 8 heteroatoms. The predicted octanol–water partition coefficient (Wildman–Crippen LogP) is 5.49. The molecule has 1 amide bonds. The summed E-state index contributed by atoms with van der Waals surface area (Å²) in [5.74, 6) is -3.89. The van der Waals surface area contributed by atoms with E-state index in [2.05, 4.69) is 0 Å². The second-order valence-electron chi connectivity index (χ2n) is 8.95. The van der Waals surface area contributed by atoms with Crippen molar-refractivity contribution in [2.75, 3.05) is 12.0 Å². The second kappa shape index (κ2) is 8.44. The van der Waals surface area contributed by atoms with Gasteiger partial charge >= 0.3 is 0 Å². The van der Waals surface area contributed by atoms with Crippen LogP contribution >= 0.6 is 0 Å². The summed E-state index contributed by atoms with van der Waals surface area (Å²) in [6.45, 7) is 5.92. The molecule has 0 saturated carbocycles. The minimum Gasteiger partial charge on any atom is -0.507 e. The van der Waals surface area contributed by atoms with E-state index in [4.69, 9.17) is 9.15 Å². The summed E-state index contributed by atoms with van der Waals surface area (Å²) in [7, 11) is 1.54. The number of anilines is 1. The van der Waals surface area contributed by atoms with Gasteiger partial charge in [0.25, 0.3) is 11.7 Å². The van der Waals surface area contributed by atoms with Crippen LogP contribution in [0.25, 0.3) is 5.76 Å². The van der Waals surface area contributed by atoms with Gasteiger partial charge in [-0.3, -0.25) is 14.5 Å². The molecule has 34 heavy (non-hydrogen) atoms. The fourth-order valence-electron chi connectivity index (χ4n) is 4.05. The fourth-order valence-corrected chi connectivity index (χ4v) is 4.05. The SMILES string of the molecule is COc1ccc(/C(O)=C2/C(=O)C(=O)N(c3ccc(F)c(F)c3)C2c2ccco2)cc1C(C)(C)C. The molecule has 1 unspecified atom stereocenters. The van der Waals surface area contributed by atoms with Crippen molar-refractivity contribution in [1.82, 2.24) is 0 Å². The van der Waals surface area contributed by atoms with Crippen LogP contribution in [-0.2, 0) is 15.0 Å². The van der Waals surface area contributed by atoms with E-state index in [0.29, 0.717) is 11.3 Å². The van der Waals surface area contributed by atoms with Crippen molar-refractivity contribution in [3.8, 4) is 5.75 Å². The van der Waals surface area contributed by atoms with Gasteiger partial charge in [0.15, 0.2) is 11.6 Å². The van der Waals surface area contributed by atoms with Crippen LogP contribution in [0.5, 0.6) is 5.75 Å². The number of hydrogen-bond acceptors (Lipinski definition) is 5. The third-order valence-corrected chi connectivity index (χ3v) is 5.72. The van der Waals surface area contributed by atoms with Gasteiger partial charge in [0.2, 0.25) is 0 Å². The number of Topliss-reactive ketones (excluding diaryl/α,β-unsaturated/α-hetero) is 1. The lowest BCUT2D eigenvalue weighted by molar-refractivity contribution is -0.132. The Morgan fingerprint density at radius 3 is 2.38 bits per heavy atom. The maximum atomic E-state index is 14.0. The van der Waals surface area contributed by atoms with Gasteiger partial charge in [-0.05, 0) is 47.9 Å². The van der Waals surface area contributed by atoms with Crippen molar-refractivity contribution < 1.29 is 32.6 Å². The zero-order valence-corrected chi connectivity index (χ0v) is 19.1. The van der Waals surface area contributed by atoms with E-state index in [0.717, 1.165) is 22.6 Å².